The van der Waals surface area contributed by atoms with E-state index in [1.165, 1.54) is 18.4 Å². The van der Waals surface area contributed by atoms with E-state index < -0.39 is 0 Å². The first kappa shape index (κ1) is 17.9. The average Bonchev–Trinajstić information content (AvgIpc) is 3.30. The minimum Gasteiger partial charge on any atom is -0.465 e. The summed E-state index contributed by atoms with van der Waals surface area (Å²) in [6.07, 6.45) is 1.81. The topological polar surface area (TPSA) is 85.6 Å². The van der Waals surface area contributed by atoms with Crippen LogP contribution in [-0.2, 0) is 4.74 Å². The number of carbonyl (C=O) groups excluding carboxylic acids is 2. The lowest BCUT2D eigenvalue weighted by Gasteiger charge is -2.03. The van der Waals surface area contributed by atoms with Gasteiger partial charge in [-0.2, -0.15) is 0 Å². The smallest absolute Gasteiger partial charge is 0.337 e. The Morgan fingerprint density at radius 2 is 1.89 bits per heavy atom. The third-order valence-electron chi connectivity index (χ3n) is 4.25. The van der Waals surface area contributed by atoms with Gasteiger partial charge in [-0.15, -0.1) is 11.3 Å². The number of aryl methyl sites for hydroxylation is 1. The van der Waals surface area contributed by atoms with Crippen molar-refractivity contribution in [1.29, 1.82) is 0 Å². The predicted octanol–water partition coefficient (Wildman–Crippen LogP) is 3.81. The Morgan fingerprint density at radius 1 is 1.11 bits per heavy atom. The van der Waals surface area contributed by atoms with Crippen molar-refractivity contribution in [3.63, 3.8) is 0 Å². The van der Waals surface area contributed by atoms with Gasteiger partial charge in [0, 0.05) is 17.1 Å². The van der Waals surface area contributed by atoms with Crippen LogP contribution in [0.2, 0.25) is 0 Å². The Hall–Kier alpha value is -3.52. The molecule has 0 saturated heterocycles. The van der Waals surface area contributed by atoms with Crippen molar-refractivity contribution < 1.29 is 14.3 Å². The number of hydrogen-bond donors (Lipinski definition) is 1. The number of anilines is 1. The molecule has 0 fully saturated rings. The number of esters is 1. The molecular formula is C20H16N4O3S. The Kier molecular flexibility index (Phi) is 4.62. The van der Waals surface area contributed by atoms with E-state index in [0.717, 1.165) is 11.2 Å². The zero-order chi connectivity index (χ0) is 19.7. The van der Waals surface area contributed by atoms with Gasteiger partial charge in [-0.3, -0.25) is 14.5 Å². The summed E-state index contributed by atoms with van der Waals surface area (Å²) in [4.78, 5) is 33.2. The van der Waals surface area contributed by atoms with Crippen LogP contribution < -0.4 is 5.32 Å². The van der Waals surface area contributed by atoms with Crippen molar-refractivity contribution in [3.05, 3.63) is 71.0 Å². The number of nitrogens with zero attached hydrogens (tertiary/aromatic N) is 3. The third kappa shape index (κ3) is 3.25. The van der Waals surface area contributed by atoms with Crippen molar-refractivity contribution >= 4 is 34.0 Å². The molecule has 0 aliphatic heterocycles. The fraction of sp³-hybridized carbons (Fsp3) is 0.100. The molecule has 0 radical (unpaired) electrons. The van der Waals surface area contributed by atoms with Crippen LogP contribution >= 0.6 is 11.3 Å². The number of ether oxygens (including phenoxy) is 1. The first-order valence-electron chi connectivity index (χ1n) is 8.46. The molecule has 3 aromatic heterocycles. The van der Waals surface area contributed by atoms with Gasteiger partial charge in [0.05, 0.1) is 24.1 Å². The number of hydrogen-bond acceptors (Lipinski definition) is 6. The maximum atomic E-state index is 12.8. The van der Waals surface area contributed by atoms with Gasteiger partial charge in [0.25, 0.3) is 5.91 Å². The molecule has 0 atom stereocenters. The van der Waals surface area contributed by atoms with Gasteiger partial charge in [-0.05, 0) is 31.2 Å². The number of fused-ring (bicyclic) bond motifs is 1. The summed E-state index contributed by atoms with van der Waals surface area (Å²) in [6.45, 7) is 1.80. The van der Waals surface area contributed by atoms with Crippen LogP contribution in [0.5, 0.6) is 0 Å². The van der Waals surface area contributed by atoms with Crippen LogP contribution in [0.25, 0.3) is 16.9 Å². The summed E-state index contributed by atoms with van der Waals surface area (Å²) in [7, 11) is 1.34. The molecule has 4 rings (SSSR count). The highest BCUT2D eigenvalue weighted by Crippen LogP contribution is 2.26. The molecule has 4 aromatic rings. The Morgan fingerprint density at radius 3 is 2.64 bits per heavy atom. The SMILES string of the molecule is COC(=O)c1ccc(-c2csc(NC(=O)c3c(C)nc4ccccn34)n2)cc1. The van der Waals surface area contributed by atoms with Crippen LogP contribution in [0.1, 0.15) is 26.5 Å². The summed E-state index contributed by atoms with van der Waals surface area (Å²) >= 11 is 1.33. The molecule has 7 nitrogen and oxygen atoms in total. The maximum absolute atomic E-state index is 12.8. The van der Waals surface area contributed by atoms with Crippen LogP contribution in [0.4, 0.5) is 5.13 Å². The number of amides is 1. The molecule has 0 aliphatic rings. The number of pyridine rings is 1. The van der Waals surface area contributed by atoms with Crippen LogP contribution in [-0.4, -0.2) is 33.4 Å². The third-order valence-corrected chi connectivity index (χ3v) is 5.00. The zero-order valence-corrected chi connectivity index (χ0v) is 16.0. The number of nitrogens with one attached hydrogen (secondary N) is 1. The lowest BCUT2D eigenvalue weighted by Crippen LogP contribution is -2.15. The number of aromatic nitrogens is 3. The van der Waals surface area contributed by atoms with Gasteiger partial charge >= 0.3 is 5.97 Å². The monoisotopic (exact) mass is 392 g/mol. The first-order valence-corrected chi connectivity index (χ1v) is 9.34. The fourth-order valence-electron chi connectivity index (χ4n) is 2.90. The van der Waals surface area contributed by atoms with Gasteiger partial charge in [0.2, 0.25) is 0 Å². The highest BCUT2D eigenvalue weighted by molar-refractivity contribution is 7.14. The van der Waals surface area contributed by atoms with Crippen molar-refractivity contribution in [1.82, 2.24) is 14.4 Å². The van der Waals surface area contributed by atoms with Crippen LogP contribution in [0.3, 0.4) is 0 Å². The van der Waals surface area contributed by atoms with Gasteiger partial charge in [0.1, 0.15) is 11.3 Å². The number of rotatable bonds is 4. The number of benzene rings is 1. The van der Waals surface area contributed by atoms with Crippen LogP contribution in [0.15, 0.2) is 54.0 Å². The Bertz CT molecular complexity index is 1180. The largest absolute Gasteiger partial charge is 0.465 e. The highest BCUT2D eigenvalue weighted by atomic mass is 32.1. The van der Waals surface area contributed by atoms with Gasteiger partial charge < -0.3 is 4.74 Å². The average molecular weight is 392 g/mol. The van der Waals surface area contributed by atoms with E-state index in [2.05, 4.69) is 15.3 Å². The second-order valence-corrected chi connectivity index (χ2v) is 6.89. The van der Waals surface area contributed by atoms with Crippen molar-refractivity contribution in [3.8, 4) is 11.3 Å². The second kappa shape index (κ2) is 7.24. The molecule has 8 heteroatoms. The first-order chi connectivity index (χ1) is 13.6. The zero-order valence-electron chi connectivity index (χ0n) is 15.2. The summed E-state index contributed by atoms with van der Waals surface area (Å²) in [6, 6.07) is 12.5. The van der Waals surface area contributed by atoms with Gasteiger partial charge in [-0.1, -0.05) is 18.2 Å². The quantitative estimate of drug-likeness (QED) is 0.534. The molecule has 0 aliphatic carbocycles. The van der Waals surface area contributed by atoms with E-state index in [4.69, 9.17) is 4.74 Å². The van der Waals surface area contributed by atoms with E-state index in [9.17, 15) is 9.59 Å². The predicted molar refractivity (Wildman–Crippen MR) is 107 cm³/mol. The van der Waals surface area contributed by atoms with E-state index in [-0.39, 0.29) is 11.9 Å². The van der Waals surface area contributed by atoms with E-state index in [0.29, 0.717) is 27.8 Å². The van der Waals surface area contributed by atoms with E-state index >= 15 is 0 Å². The minimum absolute atomic E-state index is 0.266. The second-order valence-electron chi connectivity index (χ2n) is 6.04. The fourth-order valence-corrected chi connectivity index (χ4v) is 3.62. The lowest BCUT2D eigenvalue weighted by molar-refractivity contribution is 0.0600. The molecular weight excluding hydrogens is 376 g/mol. The van der Waals surface area contributed by atoms with Crippen molar-refractivity contribution in [2.24, 2.45) is 0 Å². The van der Waals surface area contributed by atoms with Gasteiger partial charge in [-0.25, -0.2) is 14.8 Å². The molecule has 28 heavy (non-hydrogen) atoms. The Labute approximate surface area is 164 Å². The van der Waals surface area contributed by atoms with E-state index in [1.54, 1.807) is 41.8 Å². The maximum Gasteiger partial charge on any atom is 0.337 e. The number of carbonyl (C=O) groups is 2. The normalized spacial score (nSPS) is 10.8. The van der Waals surface area contributed by atoms with Crippen LogP contribution in [0, 0.1) is 6.92 Å². The van der Waals surface area contributed by atoms with Crippen molar-refractivity contribution in [2.45, 2.75) is 6.92 Å². The minimum atomic E-state index is -0.388. The molecule has 3 heterocycles. The summed E-state index contributed by atoms with van der Waals surface area (Å²) in [5, 5.41) is 5.18. The van der Waals surface area contributed by atoms with Gasteiger partial charge in [0.15, 0.2) is 5.13 Å². The molecule has 0 saturated carbocycles. The molecule has 1 aromatic carbocycles. The molecule has 0 unspecified atom stereocenters. The molecule has 1 N–H and O–H groups in total. The van der Waals surface area contributed by atoms with Crippen molar-refractivity contribution in [2.75, 3.05) is 12.4 Å². The summed E-state index contributed by atoms with van der Waals surface area (Å²) in [5.74, 6) is -0.653. The molecule has 1 amide bonds. The Balaban J connectivity index is 1.55. The number of imidazole rings is 1. The standard InChI is InChI=1S/C20H16N4O3S/c1-12-17(24-10-4-3-5-16(24)21-12)18(25)23-20-22-15(11-28-20)13-6-8-14(9-7-13)19(26)27-2/h3-11H,1-2H3,(H,22,23,25). The molecule has 140 valence electrons. The lowest BCUT2D eigenvalue weighted by atomic mass is 10.1. The molecule has 0 bridgehead atoms. The summed E-state index contributed by atoms with van der Waals surface area (Å²) < 4.78 is 6.45. The van der Waals surface area contributed by atoms with E-state index in [1.807, 2.05) is 23.6 Å². The number of methoxy groups -OCH3 is 1. The number of thiazole rings is 1. The highest BCUT2D eigenvalue weighted by Gasteiger charge is 2.18. The summed E-state index contributed by atoms with van der Waals surface area (Å²) in [5.41, 5.74) is 3.88. The molecule has 0 spiro atoms.